The van der Waals surface area contributed by atoms with E-state index < -0.39 is 0 Å². The van der Waals surface area contributed by atoms with Crippen LogP contribution in [0.3, 0.4) is 0 Å². The third kappa shape index (κ3) is 3.32. The minimum atomic E-state index is 0.553. The molecule has 0 N–H and O–H groups in total. The topological polar surface area (TPSA) is 26.1 Å². The first kappa shape index (κ1) is 12.1. The zero-order valence-corrected chi connectivity index (χ0v) is 11.1. The van der Waals surface area contributed by atoms with Gasteiger partial charge in [-0.05, 0) is 36.4 Å². The van der Waals surface area contributed by atoms with Gasteiger partial charge in [-0.15, -0.1) is 0 Å². The van der Waals surface area contributed by atoms with E-state index in [1.54, 1.807) is 24.3 Å². The van der Waals surface area contributed by atoms with Gasteiger partial charge in [-0.3, -0.25) is 0 Å². The molecule has 0 heterocycles. The lowest BCUT2D eigenvalue weighted by atomic mass is 10.2. The Morgan fingerprint density at radius 3 is 2.18 bits per heavy atom. The summed E-state index contributed by atoms with van der Waals surface area (Å²) in [6.45, 7) is 0. The summed E-state index contributed by atoms with van der Waals surface area (Å²) in [5.74, 6) is 0. The summed E-state index contributed by atoms with van der Waals surface area (Å²) in [6, 6.07) is 14.3. The summed E-state index contributed by atoms with van der Waals surface area (Å²) >= 11 is 9.10. The Balaban J connectivity index is 2.27. The molecule has 0 spiro atoms. The van der Waals surface area contributed by atoms with E-state index in [1.807, 2.05) is 24.3 Å². The van der Waals surface area contributed by atoms with Crippen LogP contribution in [0.1, 0.15) is 5.56 Å². The molecule has 2 nitrogen and oxygen atoms in total. The molecule has 17 heavy (non-hydrogen) atoms. The van der Waals surface area contributed by atoms with E-state index in [0.717, 1.165) is 14.8 Å². The summed E-state index contributed by atoms with van der Waals surface area (Å²) in [5, 5.41) is 12.4. The lowest BCUT2D eigenvalue weighted by Gasteiger charge is -2.02. The average Bonchev–Trinajstić information content (AvgIpc) is 2.33. The van der Waals surface area contributed by atoms with Crippen molar-refractivity contribution >= 4 is 39.4 Å². The lowest BCUT2D eigenvalue weighted by Crippen LogP contribution is -1.98. The van der Waals surface area contributed by atoms with Gasteiger partial charge in [-0.1, -0.05) is 27.5 Å². The Morgan fingerprint density at radius 2 is 1.59 bits per heavy atom. The molecule has 0 saturated carbocycles. The van der Waals surface area contributed by atoms with Crippen molar-refractivity contribution < 1.29 is 4.74 Å². The first-order valence-corrected chi connectivity index (χ1v) is 6.14. The fourth-order valence-electron chi connectivity index (χ4n) is 1.35. The molecule has 86 valence electrons. The molecular formula is C13H9BrClNO. The fourth-order valence-corrected chi connectivity index (χ4v) is 1.74. The van der Waals surface area contributed by atoms with Gasteiger partial charge < -0.3 is 5.21 Å². The van der Waals surface area contributed by atoms with E-state index >= 15 is 0 Å². The molecule has 0 bridgehead atoms. The Hall–Kier alpha value is -1.32. The smallest absolute Gasteiger partial charge is 0.216 e. The van der Waals surface area contributed by atoms with Gasteiger partial charge in [-0.2, -0.15) is 4.74 Å². The minimum Gasteiger partial charge on any atom is -0.618 e. The third-order valence-electron chi connectivity index (χ3n) is 2.22. The molecule has 0 saturated heterocycles. The highest BCUT2D eigenvalue weighted by atomic mass is 79.9. The SMILES string of the molecule is [O-][N+](=Cc1ccc(Br)cc1)c1ccc(Cl)cc1. The van der Waals surface area contributed by atoms with E-state index in [4.69, 9.17) is 11.6 Å². The largest absolute Gasteiger partial charge is 0.618 e. The number of hydrogen-bond acceptors (Lipinski definition) is 1. The van der Waals surface area contributed by atoms with Crippen LogP contribution in [0.15, 0.2) is 53.0 Å². The maximum Gasteiger partial charge on any atom is 0.216 e. The van der Waals surface area contributed by atoms with Crippen LogP contribution in [0.25, 0.3) is 0 Å². The fraction of sp³-hybridized carbons (Fsp3) is 0. The van der Waals surface area contributed by atoms with Gasteiger partial charge in [0.15, 0.2) is 6.21 Å². The quantitative estimate of drug-likeness (QED) is 0.350. The van der Waals surface area contributed by atoms with Crippen molar-refractivity contribution in [3.63, 3.8) is 0 Å². The van der Waals surface area contributed by atoms with Crippen LogP contribution >= 0.6 is 27.5 Å². The predicted molar refractivity (Wildman–Crippen MR) is 74.0 cm³/mol. The minimum absolute atomic E-state index is 0.553. The monoisotopic (exact) mass is 309 g/mol. The van der Waals surface area contributed by atoms with Crippen molar-refractivity contribution in [3.05, 3.63) is 68.8 Å². The van der Waals surface area contributed by atoms with Crippen LogP contribution < -0.4 is 0 Å². The molecule has 0 aliphatic heterocycles. The number of benzene rings is 2. The molecule has 2 aromatic rings. The Morgan fingerprint density at radius 1 is 1.00 bits per heavy atom. The van der Waals surface area contributed by atoms with Crippen molar-refractivity contribution in [1.29, 1.82) is 0 Å². The van der Waals surface area contributed by atoms with E-state index in [1.165, 1.54) is 6.21 Å². The van der Waals surface area contributed by atoms with Crippen molar-refractivity contribution in [3.8, 4) is 0 Å². The lowest BCUT2D eigenvalue weighted by molar-refractivity contribution is -0.354. The second kappa shape index (κ2) is 5.34. The summed E-state index contributed by atoms with van der Waals surface area (Å²) in [7, 11) is 0. The van der Waals surface area contributed by atoms with Crippen molar-refractivity contribution in [2.24, 2.45) is 0 Å². The first-order chi connectivity index (χ1) is 8.15. The van der Waals surface area contributed by atoms with Crippen LogP contribution in [0.2, 0.25) is 5.02 Å². The molecule has 0 aliphatic carbocycles. The maximum atomic E-state index is 11.8. The number of hydrogen-bond donors (Lipinski definition) is 0. The van der Waals surface area contributed by atoms with Crippen LogP contribution in [0.5, 0.6) is 0 Å². The second-order valence-electron chi connectivity index (χ2n) is 3.48. The number of rotatable bonds is 2. The van der Waals surface area contributed by atoms with E-state index in [0.29, 0.717) is 10.7 Å². The zero-order chi connectivity index (χ0) is 12.3. The van der Waals surface area contributed by atoms with Crippen LogP contribution in [-0.4, -0.2) is 11.0 Å². The highest BCUT2D eigenvalue weighted by Crippen LogP contribution is 2.16. The summed E-state index contributed by atoms with van der Waals surface area (Å²) < 4.78 is 1.80. The standard InChI is InChI=1S/C13H9BrClNO/c14-11-3-1-10(2-4-11)9-16(17)13-7-5-12(15)6-8-13/h1-9H. The van der Waals surface area contributed by atoms with E-state index in [2.05, 4.69) is 15.9 Å². The summed E-state index contributed by atoms with van der Waals surface area (Å²) in [6.07, 6.45) is 1.52. The predicted octanol–water partition coefficient (Wildman–Crippen LogP) is 4.36. The van der Waals surface area contributed by atoms with E-state index in [-0.39, 0.29) is 0 Å². The molecule has 0 aliphatic rings. The Labute approximate surface area is 113 Å². The van der Waals surface area contributed by atoms with Gasteiger partial charge in [0.05, 0.1) is 0 Å². The van der Waals surface area contributed by atoms with E-state index in [9.17, 15) is 5.21 Å². The number of halogens is 2. The molecule has 2 aromatic carbocycles. The Bertz CT molecular complexity index is 534. The van der Waals surface area contributed by atoms with Gasteiger partial charge in [0.25, 0.3) is 0 Å². The molecule has 0 unspecified atom stereocenters. The third-order valence-corrected chi connectivity index (χ3v) is 3.00. The van der Waals surface area contributed by atoms with Gasteiger partial charge in [0, 0.05) is 27.2 Å². The molecule has 0 fully saturated rings. The molecule has 0 radical (unpaired) electrons. The van der Waals surface area contributed by atoms with Gasteiger partial charge in [0.2, 0.25) is 5.69 Å². The average molecular weight is 311 g/mol. The van der Waals surface area contributed by atoms with Crippen LogP contribution in [-0.2, 0) is 0 Å². The van der Waals surface area contributed by atoms with Crippen molar-refractivity contribution in [2.45, 2.75) is 0 Å². The van der Waals surface area contributed by atoms with Crippen molar-refractivity contribution in [2.75, 3.05) is 0 Å². The zero-order valence-electron chi connectivity index (χ0n) is 8.81. The highest BCUT2D eigenvalue weighted by molar-refractivity contribution is 9.10. The van der Waals surface area contributed by atoms with Crippen LogP contribution in [0, 0.1) is 5.21 Å². The maximum absolute atomic E-state index is 11.8. The van der Waals surface area contributed by atoms with Gasteiger partial charge >= 0.3 is 0 Å². The summed E-state index contributed by atoms with van der Waals surface area (Å²) in [4.78, 5) is 0. The summed E-state index contributed by atoms with van der Waals surface area (Å²) in [5.41, 5.74) is 1.40. The second-order valence-corrected chi connectivity index (χ2v) is 4.83. The first-order valence-electron chi connectivity index (χ1n) is 4.97. The van der Waals surface area contributed by atoms with Gasteiger partial charge in [-0.25, -0.2) is 0 Å². The van der Waals surface area contributed by atoms with Gasteiger partial charge in [0.1, 0.15) is 0 Å². The Kier molecular flexibility index (Phi) is 3.82. The molecular weight excluding hydrogens is 302 g/mol. The van der Waals surface area contributed by atoms with Crippen LogP contribution in [0.4, 0.5) is 5.69 Å². The molecule has 0 aromatic heterocycles. The molecule has 2 rings (SSSR count). The molecule has 0 amide bonds. The normalized spacial score (nSPS) is 11.5. The highest BCUT2D eigenvalue weighted by Gasteiger charge is 2.01. The number of nitrogens with zero attached hydrogens (tertiary/aromatic N) is 1. The van der Waals surface area contributed by atoms with Crippen molar-refractivity contribution in [1.82, 2.24) is 0 Å². The molecule has 0 atom stereocenters. The molecule has 4 heteroatoms.